The quantitative estimate of drug-likeness (QED) is 0.0798. The van der Waals surface area contributed by atoms with Gasteiger partial charge in [-0.05, 0) is 135 Å². The molecular weight excluding hydrogens is 946 g/mol. The van der Waals surface area contributed by atoms with Gasteiger partial charge in [-0.25, -0.2) is 14.8 Å². The van der Waals surface area contributed by atoms with Gasteiger partial charge in [0.25, 0.3) is 0 Å². The molecule has 5 aromatic carbocycles. The summed E-state index contributed by atoms with van der Waals surface area (Å²) in [6.07, 6.45) is 5.30. The van der Waals surface area contributed by atoms with Crippen molar-refractivity contribution in [1.29, 1.82) is 0 Å². The first-order valence-electron chi connectivity index (χ1n) is 24.4. The number of esters is 2. The Kier molecular flexibility index (Phi) is 18.9. The van der Waals surface area contributed by atoms with E-state index in [9.17, 15) is 14.4 Å². The van der Waals surface area contributed by atoms with Gasteiger partial charge in [-0.3, -0.25) is 9.59 Å². The molecule has 1 aliphatic carbocycles. The number of carbonyl (C=O) groups is 3. The van der Waals surface area contributed by atoms with Gasteiger partial charge in [0, 0.05) is 42.1 Å². The van der Waals surface area contributed by atoms with Crippen molar-refractivity contribution < 1.29 is 46.9 Å². The number of halogens is 1. The molecule has 13 nitrogen and oxygen atoms in total. The van der Waals surface area contributed by atoms with Crippen molar-refractivity contribution in [2.24, 2.45) is 23.7 Å². The molecule has 0 bridgehead atoms. The fourth-order valence-electron chi connectivity index (χ4n) is 9.45. The minimum atomic E-state index is -0.514. The maximum absolute atomic E-state index is 12.8. The van der Waals surface area contributed by atoms with Crippen molar-refractivity contribution in [1.82, 2.24) is 14.9 Å². The monoisotopic (exact) mass is 1010 g/mol. The van der Waals surface area contributed by atoms with Gasteiger partial charge in [-0.1, -0.05) is 86.1 Å². The Bertz CT molecular complexity index is 2890. The van der Waals surface area contributed by atoms with E-state index in [4.69, 9.17) is 44.1 Å². The molecular formula is C59H64ClN3O10. The summed E-state index contributed by atoms with van der Waals surface area (Å²) in [4.78, 5) is 48.3. The molecule has 0 spiro atoms. The maximum atomic E-state index is 12.8. The van der Waals surface area contributed by atoms with Crippen LogP contribution in [0.4, 0.5) is 4.79 Å². The molecule has 2 aliphatic rings. The summed E-state index contributed by atoms with van der Waals surface area (Å²) in [5, 5.41) is 0.549. The number of hydrogen-bond acceptors (Lipinski definition) is 12. The zero-order chi connectivity index (χ0) is 50.4. The number of aromatic nitrogens is 2. The highest BCUT2D eigenvalue weighted by molar-refractivity contribution is 6.30. The number of aryl methyl sites for hydroxylation is 2. The van der Waals surface area contributed by atoms with Crippen LogP contribution in [-0.2, 0) is 44.7 Å². The highest BCUT2D eigenvalue weighted by Crippen LogP contribution is 2.36. The number of amides is 1. The molecule has 9 rings (SSSR count). The summed E-state index contributed by atoms with van der Waals surface area (Å²) < 4.78 is 39.3. The number of methoxy groups -OCH3 is 2. The van der Waals surface area contributed by atoms with Crippen LogP contribution in [0, 0.1) is 37.5 Å². The Labute approximate surface area is 432 Å². The lowest BCUT2D eigenvalue weighted by molar-refractivity contribution is -0.147. The minimum Gasteiger partial charge on any atom is -0.493 e. The minimum absolute atomic E-state index is 0. The molecule has 0 unspecified atom stereocenters. The number of rotatable bonds is 17. The van der Waals surface area contributed by atoms with E-state index in [0.29, 0.717) is 67.5 Å². The average Bonchev–Trinajstić information content (AvgIpc) is 4.22. The van der Waals surface area contributed by atoms with E-state index < -0.39 is 12.0 Å². The molecule has 73 heavy (non-hydrogen) atoms. The number of benzene rings is 5. The van der Waals surface area contributed by atoms with Gasteiger partial charge in [-0.15, -0.1) is 0 Å². The van der Waals surface area contributed by atoms with Gasteiger partial charge < -0.3 is 37.4 Å². The molecule has 7 aromatic rings. The first-order chi connectivity index (χ1) is 35.0. The summed E-state index contributed by atoms with van der Waals surface area (Å²) in [7, 11) is 2.84. The zero-order valence-corrected chi connectivity index (χ0v) is 41.8. The summed E-state index contributed by atoms with van der Waals surface area (Å²) in [5.74, 6) is 4.14. The van der Waals surface area contributed by atoms with Gasteiger partial charge in [0.2, 0.25) is 11.8 Å². The fourth-order valence-corrected chi connectivity index (χ4v) is 9.57. The lowest BCUT2D eigenvalue weighted by atomic mass is 9.89. The lowest BCUT2D eigenvalue weighted by Gasteiger charge is -2.17. The predicted molar refractivity (Wildman–Crippen MR) is 280 cm³/mol. The third kappa shape index (κ3) is 14.4. The molecule has 4 atom stereocenters. The van der Waals surface area contributed by atoms with Crippen molar-refractivity contribution >= 4 is 29.6 Å². The largest absolute Gasteiger partial charge is 0.493 e. The van der Waals surface area contributed by atoms with Crippen molar-refractivity contribution in [3.05, 3.63) is 173 Å². The first kappa shape index (κ1) is 53.4. The van der Waals surface area contributed by atoms with E-state index in [1.165, 1.54) is 19.8 Å². The first-order valence-corrected chi connectivity index (χ1v) is 24.8. The van der Waals surface area contributed by atoms with Crippen molar-refractivity contribution in [2.75, 3.05) is 40.5 Å². The predicted octanol–water partition coefficient (Wildman–Crippen LogP) is 12.4. The second-order valence-corrected chi connectivity index (χ2v) is 18.5. The normalized spacial score (nSPS) is 16.9. The lowest BCUT2D eigenvalue weighted by Crippen LogP contribution is -2.32. The van der Waals surface area contributed by atoms with Crippen LogP contribution in [0.3, 0.4) is 0 Å². The van der Waals surface area contributed by atoms with Gasteiger partial charge >= 0.3 is 18.0 Å². The number of hydrogen-bond donors (Lipinski definition) is 0. The Morgan fingerprint density at radius 2 is 1.11 bits per heavy atom. The topological polar surface area (TPSA) is 153 Å². The van der Waals surface area contributed by atoms with E-state index >= 15 is 0 Å². The molecule has 1 amide bonds. The van der Waals surface area contributed by atoms with Crippen LogP contribution in [0.1, 0.15) is 60.7 Å². The molecule has 1 aliphatic heterocycles. The number of nitrogens with zero attached hydrogens (tertiary/aromatic N) is 3. The number of likely N-dealkylation sites (tertiary alicyclic amines) is 1. The van der Waals surface area contributed by atoms with Gasteiger partial charge in [0.1, 0.15) is 28.8 Å². The molecule has 382 valence electrons. The highest BCUT2D eigenvalue weighted by Gasteiger charge is 2.41. The number of ether oxygens (including phenoxy) is 5. The highest BCUT2D eigenvalue weighted by atomic mass is 35.5. The number of carbonyl (C=O) groups excluding carboxylic acids is 3. The van der Waals surface area contributed by atoms with Crippen LogP contribution in [0.25, 0.3) is 22.9 Å². The van der Waals surface area contributed by atoms with Gasteiger partial charge in [0.05, 0.1) is 50.7 Å². The maximum Gasteiger partial charge on any atom is 0.415 e. The SMILES string of the molecule is C.COC(=O)[C@@H]1CCC[C@@H]1Cc1cccc(OCCc2nc(-c3ccccc3)oc2C)c1.COC(=O)[C@H]1CN(C(=O)Oc2ccc(Cl)cc2)C[C@H]1Cc1cccc(OCCc2nc(-c3ccccc3)oc2C)c1. The average molecular weight is 1010 g/mol. The number of oxazole rings is 2. The van der Waals surface area contributed by atoms with Crippen molar-refractivity contribution in [2.45, 2.75) is 66.2 Å². The molecule has 0 radical (unpaired) electrons. The van der Waals surface area contributed by atoms with E-state index in [-0.39, 0.29) is 37.7 Å². The van der Waals surface area contributed by atoms with Gasteiger partial charge in [-0.2, -0.15) is 0 Å². The summed E-state index contributed by atoms with van der Waals surface area (Å²) >= 11 is 5.92. The Balaban J connectivity index is 0.000000219. The second-order valence-electron chi connectivity index (χ2n) is 18.1. The van der Waals surface area contributed by atoms with E-state index in [0.717, 1.165) is 76.8 Å². The molecule has 2 aromatic heterocycles. The fraction of sp³-hybridized carbons (Fsp3) is 0.339. The Hall–Kier alpha value is -7.38. The third-order valence-corrected chi connectivity index (χ3v) is 13.5. The summed E-state index contributed by atoms with van der Waals surface area (Å²) in [5.41, 5.74) is 5.88. The van der Waals surface area contributed by atoms with Crippen LogP contribution < -0.4 is 14.2 Å². The standard InChI is InChI=1S/C32H31ClN2O6.C26H29NO4.CH4/c1-21-29(34-30(40-21)23-8-4-3-5-9-23)15-16-39-27-10-6-7-22(18-27)17-24-19-35(20-28(24)31(36)38-2)32(37)41-26-13-11-25(33)12-14-26;1-18-24(27-25(31-18)20-9-4-3-5-10-20)14-15-30-22-12-6-8-19(17-22)16-21-11-7-13-23(21)26(28)29-2;/h3-14,18,24,28H,15-17,19-20H2,1-2H3;3-6,8-10,12,17,21,23H,7,11,13-16H2,1-2H3;1H4/t24-,28+;21-,23-;/m11./s1. The molecule has 14 heteroatoms. The van der Waals surface area contributed by atoms with Crippen molar-refractivity contribution in [3.63, 3.8) is 0 Å². The molecule has 2 fully saturated rings. The van der Waals surface area contributed by atoms with E-state index in [2.05, 4.69) is 22.1 Å². The Morgan fingerprint density at radius 3 is 1.63 bits per heavy atom. The zero-order valence-electron chi connectivity index (χ0n) is 41.1. The van der Waals surface area contributed by atoms with E-state index in [1.807, 2.05) is 111 Å². The smallest absolute Gasteiger partial charge is 0.415 e. The molecule has 0 N–H and O–H groups in total. The van der Waals surface area contributed by atoms with Crippen LogP contribution in [-0.4, -0.2) is 73.4 Å². The van der Waals surface area contributed by atoms with E-state index in [1.54, 1.807) is 29.2 Å². The second kappa shape index (κ2) is 25.8. The molecule has 1 saturated carbocycles. The Morgan fingerprint density at radius 1 is 0.603 bits per heavy atom. The van der Waals surface area contributed by atoms with Crippen molar-refractivity contribution in [3.8, 4) is 40.2 Å². The molecule has 3 heterocycles. The van der Waals surface area contributed by atoms with Crippen LogP contribution in [0.5, 0.6) is 17.2 Å². The van der Waals surface area contributed by atoms with Crippen LogP contribution in [0.15, 0.2) is 142 Å². The van der Waals surface area contributed by atoms with Crippen LogP contribution >= 0.6 is 11.6 Å². The van der Waals surface area contributed by atoms with Gasteiger partial charge in [0.15, 0.2) is 0 Å². The third-order valence-electron chi connectivity index (χ3n) is 13.2. The van der Waals surface area contributed by atoms with Crippen LogP contribution in [0.2, 0.25) is 5.02 Å². The summed E-state index contributed by atoms with van der Waals surface area (Å²) in [6.45, 7) is 5.40. The molecule has 1 saturated heterocycles. The summed E-state index contributed by atoms with van der Waals surface area (Å²) in [6, 6.07) is 42.2.